The number of nitrogens with one attached hydrogen (secondary N) is 1. The second kappa shape index (κ2) is 8.67. The van der Waals surface area contributed by atoms with Crippen molar-refractivity contribution in [2.24, 2.45) is 0 Å². The molecule has 0 saturated carbocycles. The molecule has 3 rings (SSSR count). The highest BCUT2D eigenvalue weighted by molar-refractivity contribution is 7.80. The van der Waals surface area contributed by atoms with E-state index in [4.69, 9.17) is 17.0 Å². The SMILES string of the molecule is COc1ccc(C)cc1CN1CCN(C(=S)Nc2ccc(C)c(F)c2)CC1. The van der Waals surface area contributed by atoms with Gasteiger partial charge in [0.15, 0.2) is 5.11 Å². The monoisotopic (exact) mass is 387 g/mol. The number of hydrogen-bond donors (Lipinski definition) is 1. The maximum atomic E-state index is 13.7. The molecule has 1 N–H and O–H groups in total. The number of benzene rings is 2. The second-order valence-electron chi connectivity index (χ2n) is 6.97. The van der Waals surface area contributed by atoms with Crippen LogP contribution in [0.5, 0.6) is 5.75 Å². The average molecular weight is 388 g/mol. The van der Waals surface area contributed by atoms with Crippen molar-refractivity contribution >= 4 is 23.0 Å². The van der Waals surface area contributed by atoms with Gasteiger partial charge in [0.25, 0.3) is 0 Å². The fourth-order valence-electron chi connectivity index (χ4n) is 3.25. The first-order chi connectivity index (χ1) is 13.0. The van der Waals surface area contributed by atoms with Crippen LogP contribution in [0.1, 0.15) is 16.7 Å². The third-order valence-corrected chi connectivity index (χ3v) is 5.27. The van der Waals surface area contributed by atoms with E-state index >= 15 is 0 Å². The van der Waals surface area contributed by atoms with Crippen molar-refractivity contribution in [3.63, 3.8) is 0 Å². The van der Waals surface area contributed by atoms with E-state index in [9.17, 15) is 4.39 Å². The van der Waals surface area contributed by atoms with Gasteiger partial charge >= 0.3 is 0 Å². The quantitative estimate of drug-likeness (QED) is 0.802. The van der Waals surface area contributed by atoms with Crippen molar-refractivity contribution < 1.29 is 9.13 Å². The van der Waals surface area contributed by atoms with Gasteiger partial charge in [0.1, 0.15) is 11.6 Å². The number of anilines is 1. The van der Waals surface area contributed by atoms with E-state index < -0.39 is 0 Å². The number of ether oxygens (including phenoxy) is 1. The van der Waals surface area contributed by atoms with Crippen LogP contribution < -0.4 is 10.1 Å². The minimum atomic E-state index is -0.222. The highest BCUT2D eigenvalue weighted by atomic mass is 32.1. The Labute approximate surface area is 165 Å². The molecule has 0 atom stereocenters. The predicted molar refractivity (Wildman–Crippen MR) is 112 cm³/mol. The molecule has 2 aromatic rings. The lowest BCUT2D eigenvalue weighted by Crippen LogP contribution is -2.49. The Hall–Kier alpha value is -2.18. The average Bonchev–Trinajstić information content (AvgIpc) is 2.65. The van der Waals surface area contributed by atoms with Crippen molar-refractivity contribution in [1.29, 1.82) is 0 Å². The van der Waals surface area contributed by atoms with Gasteiger partial charge in [0.05, 0.1) is 7.11 Å². The van der Waals surface area contributed by atoms with E-state index in [1.807, 2.05) is 12.1 Å². The molecule has 0 amide bonds. The number of rotatable bonds is 4. The van der Waals surface area contributed by atoms with Crippen LogP contribution in [0.3, 0.4) is 0 Å². The maximum absolute atomic E-state index is 13.7. The standard InChI is InChI=1S/C21H26FN3OS/c1-15-4-7-20(26-3)17(12-15)14-24-8-10-25(11-9-24)21(27)23-18-6-5-16(2)19(22)13-18/h4-7,12-13H,8-11,14H2,1-3H3,(H,23,27). The molecule has 1 heterocycles. The summed E-state index contributed by atoms with van der Waals surface area (Å²) in [6.07, 6.45) is 0. The van der Waals surface area contributed by atoms with Crippen LogP contribution in [0.25, 0.3) is 0 Å². The third kappa shape index (κ3) is 4.96. The van der Waals surface area contributed by atoms with E-state index in [-0.39, 0.29) is 5.82 Å². The molecule has 0 radical (unpaired) electrons. The highest BCUT2D eigenvalue weighted by Gasteiger charge is 2.20. The molecule has 144 valence electrons. The predicted octanol–water partition coefficient (Wildman–Crippen LogP) is 3.97. The maximum Gasteiger partial charge on any atom is 0.173 e. The van der Waals surface area contributed by atoms with Crippen molar-refractivity contribution in [2.45, 2.75) is 20.4 Å². The van der Waals surface area contributed by atoms with Gasteiger partial charge in [-0.2, -0.15) is 0 Å². The number of aryl methyl sites for hydroxylation is 2. The normalized spacial score (nSPS) is 14.9. The Kier molecular flexibility index (Phi) is 6.29. The van der Waals surface area contributed by atoms with E-state index in [1.165, 1.54) is 17.2 Å². The third-order valence-electron chi connectivity index (χ3n) is 4.91. The van der Waals surface area contributed by atoms with Gasteiger partial charge in [0, 0.05) is 44.0 Å². The lowest BCUT2D eigenvalue weighted by atomic mass is 10.1. The summed E-state index contributed by atoms with van der Waals surface area (Å²) in [5.74, 6) is 0.710. The summed E-state index contributed by atoms with van der Waals surface area (Å²) >= 11 is 5.51. The van der Waals surface area contributed by atoms with Gasteiger partial charge in [-0.1, -0.05) is 23.8 Å². The Balaban J connectivity index is 1.54. The van der Waals surface area contributed by atoms with Gasteiger partial charge in [-0.3, -0.25) is 4.90 Å². The minimum Gasteiger partial charge on any atom is -0.496 e. The van der Waals surface area contributed by atoms with Crippen molar-refractivity contribution in [1.82, 2.24) is 9.80 Å². The van der Waals surface area contributed by atoms with Crippen LogP contribution in [-0.2, 0) is 6.54 Å². The Morgan fingerprint density at radius 2 is 1.85 bits per heavy atom. The fourth-order valence-corrected chi connectivity index (χ4v) is 3.55. The van der Waals surface area contributed by atoms with E-state index in [0.717, 1.165) is 38.5 Å². The topological polar surface area (TPSA) is 27.7 Å². The Morgan fingerprint density at radius 1 is 1.11 bits per heavy atom. The molecule has 2 aromatic carbocycles. The zero-order valence-corrected chi connectivity index (χ0v) is 16.9. The van der Waals surface area contributed by atoms with Crippen LogP contribution in [0.15, 0.2) is 36.4 Å². The molecule has 6 heteroatoms. The summed E-state index contributed by atoms with van der Waals surface area (Å²) in [7, 11) is 1.71. The molecule has 0 unspecified atom stereocenters. The number of halogens is 1. The van der Waals surface area contributed by atoms with Crippen LogP contribution in [0, 0.1) is 19.7 Å². The molecule has 0 bridgehead atoms. The number of methoxy groups -OCH3 is 1. The fraction of sp³-hybridized carbons (Fsp3) is 0.381. The molecule has 1 saturated heterocycles. The van der Waals surface area contributed by atoms with Gasteiger partial charge in [-0.25, -0.2) is 4.39 Å². The number of piperazine rings is 1. The zero-order chi connectivity index (χ0) is 19.4. The summed E-state index contributed by atoms with van der Waals surface area (Å²) in [6.45, 7) is 8.23. The number of thiocarbonyl (C=S) groups is 1. The Morgan fingerprint density at radius 3 is 2.52 bits per heavy atom. The number of nitrogens with zero attached hydrogens (tertiary/aromatic N) is 2. The summed E-state index contributed by atoms with van der Waals surface area (Å²) in [4.78, 5) is 4.54. The van der Waals surface area contributed by atoms with Crippen LogP contribution in [0.4, 0.5) is 10.1 Å². The molecule has 0 spiro atoms. The summed E-state index contributed by atoms with van der Waals surface area (Å²) in [5, 5.41) is 3.79. The Bertz CT molecular complexity index is 819. The van der Waals surface area contributed by atoms with Crippen molar-refractivity contribution in [2.75, 3.05) is 38.6 Å². The molecule has 4 nitrogen and oxygen atoms in total. The molecule has 27 heavy (non-hydrogen) atoms. The lowest BCUT2D eigenvalue weighted by molar-refractivity contribution is 0.175. The first kappa shape index (κ1) is 19.6. The molecule has 0 aliphatic carbocycles. The summed E-state index contributed by atoms with van der Waals surface area (Å²) < 4.78 is 19.2. The van der Waals surface area contributed by atoms with Crippen LogP contribution in [-0.4, -0.2) is 48.2 Å². The van der Waals surface area contributed by atoms with Gasteiger partial charge in [-0.05, 0) is 49.8 Å². The lowest BCUT2D eigenvalue weighted by Gasteiger charge is -2.36. The van der Waals surface area contributed by atoms with Crippen LogP contribution in [0.2, 0.25) is 0 Å². The highest BCUT2D eigenvalue weighted by Crippen LogP contribution is 2.22. The largest absolute Gasteiger partial charge is 0.496 e. The van der Waals surface area contributed by atoms with E-state index in [1.54, 1.807) is 20.1 Å². The van der Waals surface area contributed by atoms with Gasteiger partial charge in [-0.15, -0.1) is 0 Å². The smallest absolute Gasteiger partial charge is 0.173 e. The molecule has 1 fully saturated rings. The first-order valence-electron chi connectivity index (χ1n) is 9.14. The van der Waals surface area contributed by atoms with E-state index in [2.05, 4.69) is 34.2 Å². The van der Waals surface area contributed by atoms with Gasteiger partial charge < -0.3 is 15.0 Å². The zero-order valence-electron chi connectivity index (χ0n) is 16.1. The summed E-state index contributed by atoms with van der Waals surface area (Å²) in [6, 6.07) is 11.4. The molecule has 1 aliphatic rings. The second-order valence-corrected chi connectivity index (χ2v) is 7.36. The van der Waals surface area contributed by atoms with E-state index in [0.29, 0.717) is 16.4 Å². The number of hydrogen-bond acceptors (Lipinski definition) is 3. The van der Waals surface area contributed by atoms with Crippen molar-refractivity contribution in [3.05, 3.63) is 58.9 Å². The minimum absolute atomic E-state index is 0.222. The van der Waals surface area contributed by atoms with Crippen LogP contribution >= 0.6 is 12.2 Å². The summed E-state index contributed by atoms with van der Waals surface area (Å²) in [5.41, 5.74) is 3.77. The molecular weight excluding hydrogens is 361 g/mol. The molecule has 1 aliphatic heterocycles. The molecular formula is C21H26FN3OS. The van der Waals surface area contributed by atoms with Gasteiger partial charge in [0.2, 0.25) is 0 Å². The first-order valence-corrected chi connectivity index (χ1v) is 9.55. The van der Waals surface area contributed by atoms with Crippen molar-refractivity contribution in [3.8, 4) is 5.75 Å². The molecule has 0 aromatic heterocycles.